The zero-order valence-electron chi connectivity index (χ0n) is 12.0. The molecule has 2 aromatic rings. The molecule has 0 saturated heterocycles. The number of hydrogen-bond donors (Lipinski definition) is 1. The third-order valence-corrected chi connectivity index (χ3v) is 4.21. The first-order chi connectivity index (χ1) is 10.2. The van der Waals surface area contributed by atoms with E-state index in [1.54, 1.807) is 0 Å². The highest BCUT2D eigenvalue weighted by Gasteiger charge is 2.39. The molecular formula is C18H18O3. The average molecular weight is 282 g/mol. The molecule has 1 unspecified atom stereocenters. The summed E-state index contributed by atoms with van der Waals surface area (Å²) in [5.74, 6) is 0.0474. The first-order valence-electron chi connectivity index (χ1n) is 7.26. The number of rotatable bonds is 4. The molecule has 3 nitrogen and oxygen atoms in total. The van der Waals surface area contributed by atoms with E-state index in [1.165, 1.54) is 0 Å². The SMILES string of the molecule is CCC1(CCC(=O)O)Oc2ccccc2-c2ccccc21. The Bertz CT molecular complexity index is 678. The maximum atomic E-state index is 11.0. The van der Waals surface area contributed by atoms with Crippen molar-refractivity contribution in [3.63, 3.8) is 0 Å². The van der Waals surface area contributed by atoms with Crippen molar-refractivity contribution in [2.24, 2.45) is 0 Å². The fourth-order valence-corrected chi connectivity index (χ4v) is 3.09. The highest BCUT2D eigenvalue weighted by Crippen LogP contribution is 2.48. The molecule has 0 radical (unpaired) electrons. The van der Waals surface area contributed by atoms with Crippen molar-refractivity contribution in [3.05, 3.63) is 54.1 Å². The Morgan fingerprint density at radius 1 is 1.10 bits per heavy atom. The van der Waals surface area contributed by atoms with Crippen LogP contribution in [-0.4, -0.2) is 11.1 Å². The van der Waals surface area contributed by atoms with Crippen LogP contribution in [0.3, 0.4) is 0 Å². The van der Waals surface area contributed by atoms with Gasteiger partial charge in [-0.05, 0) is 18.1 Å². The first kappa shape index (κ1) is 13.7. The van der Waals surface area contributed by atoms with E-state index < -0.39 is 11.6 Å². The van der Waals surface area contributed by atoms with Gasteiger partial charge in [-0.3, -0.25) is 4.79 Å². The number of hydrogen-bond acceptors (Lipinski definition) is 2. The minimum atomic E-state index is -0.789. The van der Waals surface area contributed by atoms with Gasteiger partial charge < -0.3 is 9.84 Å². The smallest absolute Gasteiger partial charge is 0.303 e. The third-order valence-electron chi connectivity index (χ3n) is 4.21. The van der Waals surface area contributed by atoms with Gasteiger partial charge in [0.05, 0.1) is 0 Å². The zero-order valence-corrected chi connectivity index (χ0v) is 12.0. The van der Waals surface area contributed by atoms with Crippen LogP contribution in [-0.2, 0) is 10.4 Å². The van der Waals surface area contributed by atoms with Crippen LogP contribution in [0.1, 0.15) is 31.7 Å². The third kappa shape index (κ3) is 2.29. The molecule has 1 aliphatic heterocycles. The number of aliphatic carboxylic acids is 1. The van der Waals surface area contributed by atoms with Gasteiger partial charge in [0.2, 0.25) is 0 Å². The highest BCUT2D eigenvalue weighted by molar-refractivity contribution is 5.76. The van der Waals surface area contributed by atoms with E-state index in [1.807, 2.05) is 43.3 Å². The van der Waals surface area contributed by atoms with Crippen LogP contribution in [0.4, 0.5) is 0 Å². The lowest BCUT2D eigenvalue weighted by molar-refractivity contribution is -0.138. The van der Waals surface area contributed by atoms with E-state index in [9.17, 15) is 4.79 Å². The fraction of sp³-hybridized carbons (Fsp3) is 0.278. The molecule has 21 heavy (non-hydrogen) atoms. The van der Waals surface area contributed by atoms with Crippen molar-refractivity contribution in [2.75, 3.05) is 0 Å². The quantitative estimate of drug-likeness (QED) is 0.913. The topological polar surface area (TPSA) is 46.5 Å². The Morgan fingerprint density at radius 3 is 2.48 bits per heavy atom. The maximum Gasteiger partial charge on any atom is 0.303 e. The van der Waals surface area contributed by atoms with Gasteiger partial charge in [0.15, 0.2) is 0 Å². The van der Waals surface area contributed by atoms with Crippen LogP contribution in [0.25, 0.3) is 11.1 Å². The van der Waals surface area contributed by atoms with Crippen molar-refractivity contribution in [2.45, 2.75) is 31.8 Å². The van der Waals surface area contributed by atoms with Crippen molar-refractivity contribution in [1.29, 1.82) is 0 Å². The fourth-order valence-electron chi connectivity index (χ4n) is 3.09. The highest BCUT2D eigenvalue weighted by atomic mass is 16.5. The largest absolute Gasteiger partial charge is 0.482 e. The second-order valence-corrected chi connectivity index (χ2v) is 5.39. The Balaban J connectivity index is 2.14. The number of para-hydroxylation sites is 1. The van der Waals surface area contributed by atoms with Gasteiger partial charge in [0, 0.05) is 24.0 Å². The molecule has 3 rings (SSSR count). The first-order valence-corrected chi connectivity index (χ1v) is 7.26. The van der Waals surface area contributed by atoms with Crippen LogP contribution in [0.15, 0.2) is 48.5 Å². The monoisotopic (exact) mass is 282 g/mol. The predicted octanol–water partition coefficient (Wildman–Crippen LogP) is 4.22. The summed E-state index contributed by atoms with van der Waals surface area (Å²) in [5.41, 5.74) is 2.76. The number of carboxylic acids is 1. The molecule has 0 aliphatic carbocycles. The van der Waals surface area contributed by atoms with E-state index >= 15 is 0 Å². The second kappa shape index (κ2) is 5.24. The number of carbonyl (C=O) groups is 1. The summed E-state index contributed by atoms with van der Waals surface area (Å²) in [6.07, 6.45) is 1.32. The lowest BCUT2D eigenvalue weighted by atomic mass is 9.79. The molecule has 1 N–H and O–H groups in total. The molecule has 0 bridgehead atoms. The molecule has 2 aromatic carbocycles. The molecule has 0 spiro atoms. The molecule has 1 atom stereocenters. The summed E-state index contributed by atoms with van der Waals surface area (Å²) in [6.45, 7) is 2.05. The molecule has 0 aromatic heterocycles. The Labute approximate surface area is 124 Å². The van der Waals surface area contributed by atoms with E-state index in [-0.39, 0.29) is 6.42 Å². The van der Waals surface area contributed by atoms with E-state index in [4.69, 9.17) is 9.84 Å². The average Bonchev–Trinajstić information content (AvgIpc) is 2.52. The van der Waals surface area contributed by atoms with E-state index in [0.717, 1.165) is 28.9 Å². The van der Waals surface area contributed by atoms with Crippen molar-refractivity contribution < 1.29 is 14.6 Å². The van der Waals surface area contributed by atoms with Gasteiger partial charge in [0.1, 0.15) is 11.4 Å². The van der Waals surface area contributed by atoms with Crippen LogP contribution in [0, 0.1) is 0 Å². The molecule has 3 heteroatoms. The van der Waals surface area contributed by atoms with E-state index in [0.29, 0.717) is 6.42 Å². The lowest BCUT2D eigenvalue weighted by Crippen LogP contribution is -2.36. The summed E-state index contributed by atoms with van der Waals surface area (Å²) in [4.78, 5) is 11.0. The van der Waals surface area contributed by atoms with Gasteiger partial charge in [0.25, 0.3) is 0 Å². The maximum absolute atomic E-state index is 11.0. The number of ether oxygens (including phenoxy) is 1. The van der Waals surface area contributed by atoms with Crippen molar-refractivity contribution >= 4 is 5.97 Å². The van der Waals surface area contributed by atoms with Crippen LogP contribution in [0.5, 0.6) is 5.75 Å². The molecular weight excluding hydrogens is 264 g/mol. The van der Waals surface area contributed by atoms with Gasteiger partial charge in [-0.25, -0.2) is 0 Å². The Hall–Kier alpha value is -2.29. The van der Waals surface area contributed by atoms with Crippen molar-refractivity contribution in [3.8, 4) is 16.9 Å². The lowest BCUT2D eigenvalue weighted by Gasteiger charge is -2.39. The standard InChI is InChI=1S/C18H18O3/c1-2-18(12-11-17(19)20)15-9-5-3-7-13(15)14-8-4-6-10-16(14)21-18/h3-10H,2,11-12H2,1H3,(H,19,20). The molecule has 0 amide bonds. The molecule has 1 aliphatic rings. The summed E-state index contributed by atoms with van der Waals surface area (Å²) in [7, 11) is 0. The summed E-state index contributed by atoms with van der Waals surface area (Å²) in [5, 5.41) is 9.04. The number of benzene rings is 2. The number of fused-ring (bicyclic) bond motifs is 3. The zero-order chi connectivity index (χ0) is 14.9. The summed E-state index contributed by atoms with van der Waals surface area (Å²) in [6, 6.07) is 16.1. The predicted molar refractivity (Wildman–Crippen MR) is 81.3 cm³/mol. The van der Waals surface area contributed by atoms with E-state index in [2.05, 4.69) is 12.1 Å². The van der Waals surface area contributed by atoms with Gasteiger partial charge in [-0.15, -0.1) is 0 Å². The normalized spacial score (nSPS) is 19.3. The summed E-state index contributed by atoms with van der Waals surface area (Å²) < 4.78 is 6.28. The summed E-state index contributed by atoms with van der Waals surface area (Å²) >= 11 is 0. The minimum absolute atomic E-state index is 0.102. The van der Waals surface area contributed by atoms with Crippen LogP contribution in [0.2, 0.25) is 0 Å². The van der Waals surface area contributed by atoms with Gasteiger partial charge in [-0.1, -0.05) is 49.4 Å². The molecule has 0 fully saturated rings. The minimum Gasteiger partial charge on any atom is -0.482 e. The van der Waals surface area contributed by atoms with Gasteiger partial charge >= 0.3 is 5.97 Å². The Kier molecular flexibility index (Phi) is 3.42. The second-order valence-electron chi connectivity index (χ2n) is 5.39. The number of carboxylic acid groups (broad SMARTS) is 1. The van der Waals surface area contributed by atoms with Gasteiger partial charge in [-0.2, -0.15) is 0 Å². The van der Waals surface area contributed by atoms with Crippen molar-refractivity contribution in [1.82, 2.24) is 0 Å². The molecule has 1 heterocycles. The molecule has 108 valence electrons. The van der Waals surface area contributed by atoms with Crippen LogP contribution >= 0.6 is 0 Å². The van der Waals surface area contributed by atoms with Crippen LogP contribution < -0.4 is 4.74 Å². The molecule has 0 saturated carbocycles. The Morgan fingerprint density at radius 2 is 1.76 bits per heavy atom.